The minimum atomic E-state index is -0.426. The Morgan fingerprint density at radius 2 is 2.05 bits per heavy atom. The fourth-order valence-corrected chi connectivity index (χ4v) is 1.74. The van der Waals surface area contributed by atoms with Crippen LogP contribution in [0.5, 0.6) is 11.5 Å². The van der Waals surface area contributed by atoms with Crippen molar-refractivity contribution < 1.29 is 9.47 Å². The molecule has 4 heteroatoms. The molecular weight excluding hydrogens is 240 g/mol. The third-order valence-corrected chi connectivity index (χ3v) is 3.06. The van der Waals surface area contributed by atoms with Crippen LogP contribution >= 0.6 is 0 Å². The van der Waals surface area contributed by atoms with Crippen LogP contribution in [-0.4, -0.2) is 19.3 Å². The normalized spacial score (nSPS) is 13.4. The zero-order valence-electron chi connectivity index (χ0n) is 11.8. The Bertz CT molecular complexity index is 440. The number of nitrogens with zero attached hydrogens (tertiary/aromatic N) is 1. The second kappa shape index (κ2) is 7.65. The van der Waals surface area contributed by atoms with Crippen molar-refractivity contribution in [3.8, 4) is 17.6 Å². The highest BCUT2D eigenvalue weighted by Crippen LogP contribution is 2.26. The number of hydrogen-bond donors (Lipinski definition) is 1. The highest BCUT2D eigenvalue weighted by Gasteiger charge is 2.13. The summed E-state index contributed by atoms with van der Waals surface area (Å²) in [5.74, 6) is 1.49. The largest absolute Gasteiger partial charge is 0.497 e. The second-order valence-electron chi connectivity index (χ2n) is 4.49. The van der Waals surface area contributed by atoms with Gasteiger partial charge in [0.05, 0.1) is 7.11 Å². The van der Waals surface area contributed by atoms with Crippen molar-refractivity contribution >= 4 is 0 Å². The van der Waals surface area contributed by atoms with Gasteiger partial charge in [0.25, 0.3) is 0 Å². The summed E-state index contributed by atoms with van der Waals surface area (Å²) in [5.41, 5.74) is 6.99. The summed E-state index contributed by atoms with van der Waals surface area (Å²) in [5, 5.41) is 8.98. The number of benzene rings is 1. The van der Waals surface area contributed by atoms with Crippen LogP contribution in [0.1, 0.15) is 32.3 Å². The smallest absolute Gasteiger partial charge is 0.184 e. The highest BCUT2D eigenvalue weighted by molar-refractivity contribution is 5.41. The van der Waals surface area contributed by atoms with Gasteiger partial charge in [0.1, 0.15) is 17.6 Å². The third kappa shape index (κ3) is 4.46. The van der Waals surface area contributed by atoms with Gasteiger partial charge in [-0.1, -0.05) is 13.8 Å². The average Bonchev–Trinajstić information content (AvgIpc) is 2.45. The Kier molecular flexibility index (Phi) is 6.17. The Balaban J connectivity index is 2.98. The summed E-state index contributed by atoms with van der Waals surface area (Å²) in [4.78, 5) is 0. The van der Waals surface area contributed by atoms with E-state index in [-0.39, 0.29) is 6.04 Å². The molecule has 0 bridgehead atoms. The maximum Gasteiger partial charge on any atom is 0.184 e. The predicted molar refractivity (Wildman–Crippen MR) is 75.3 cm³/mol. The third-order valence-electron chi connectivity index (χ3n) is 3.06. The SMILES string of the molecule is CCC(N)Cc1cc(OC)ccc1OC(C#N)CC. The van der Waals surface area contributed by atoms with E-state index in [1.54, 1.807) is 7.11 Å². The molecule has 0 fully saturated rings. The van der Waals surface area contributed by atoms with E-state index in [1.165, 1.54) is 0 Å². The molecule has 0 aliphatic heterocycles. The fraction of sp³-hybridized carbons (Fsp3) is 0.533. The summed E-state index contributed by atoms with van der Waals surface area (Å²) >= 11 is 0. The fourth-order valence-electron chi connectivity index (χ4n) is 1.74. The first-order valence-corrected chi connectivity index (χ1v) is 6.63. The first-order chi connectivity index (χ1) is 9.14. The molecule has 0 saturated heterocycles. The molecule has 2 N–H and O–H groups in total. The quantitative estimate of drug-likeness (QED) is 0.820. The van der Waals surface area contributed by atoms with E-state index in [0.29, 0.717) is 12.8 Å². The minimum absolute atomic E-state index is 0.0802. The molecule has 0 aromatic heterocycles. The van der Waals surface area contributed by atoms with Gasteiger partial charge < -0.3 is 15.2 Å². The van der Waals surface area contributed by atoms with Gasteiger partial charge in [-0.15, -0.1) is 0 Å². The summed E-state index contributed by atoms with van der Waals surface area (Å²) in [6.07, 6.45) is 1.84. The Morgan fingerprint density at radius 1 is 1.32 bits per heavy atom. The van der Waals surface area contributed by atoms with Gasteiger partial charge in [0, 0.05) is 6.04 Å². The van der Waals surface area contributed by atoms with Gasteiger partial charge in [0.2, 0.25) is 0 Å². The molecule has 1 aromatic carbocycles. The molecule has 0 aliphatic rings. The van der Waals surface area contributed by atoms with Gasteiger partial charge in [-0.3, -0.25) is 0 Å². The lowest BCUT2D eigenvalue weighted by Crippen LogP contribution is -2.22. The molecule has 19 heavy (non-hydrogen) atoms. The van der Waals surface area contributed by atoms with E-state index in [0.717, 1.165) is 23.5 Å². The first-order valence-electron chi connectivity index (χ1n) is 6.63. The second-order valence-corrected chi connectivity index (χ2v) is 4.49. The van der Waals surface area contributed by atoms with Gasteiger partial charge in [0.15, 0.2) is 6.10 Å². The Morgan fingerprint density at radius 3 is 2.58 bits per heavy atom. The number of nitrogens with two attached hydrogens (primary N) is 1. The zero-order valence-corrected chi connectivity index (χ0v) is 11.8. The van der Waals surface area contributed by atoms with Crippen LogP contribution in [-0.2, 0) is 6.42 Å². The van der Waals surface area contributed by atoms with Crippen molar-refractivity contribution in [2.75, 3.05) is 7.11 Å². The molecule has 0 spiro atoms. The average molecular weight is 262 g/mol. The number of nitriles is 1. The lowest BCUT2D eigenvalue weighted by molar-refractivity contribution is 0.248. The minimum Gasteiger partial charge on any atom is -0.497 e. The molecule has 4 nitrogen and oxygen atoms in total. The van der Waals surface area contributed by atoms with Crippen molar-refractivity contribution in [2.45, 2.75) is 45.3 Å². The van der Waals surface area contributed by atoms with Crippen molar-refractivity contribution in [3.63, 3.8) is 0 Å². The summed E-state index contributed by atoms with van der Waals surface area (Å²) < 4.78 is 10.9. The van der Waals surface area contributed by atoms with Crippen molar-refractivity contribution in [3.05, 3.63) is 23.8 Å². The monoisotopic (exact) mass is 262 g/mol. The van der Waals surface area contributed by atoms with Gasteiger partial charge in [-0.25, -0.2) is 0 Å². The topological polar surface area (TPSA) is 68.3 Å². The van der Waals surface area contributed by atoms with Crippen molar-refractivity contribution in [1.29, 1.82) is 5.26 Å². The molecule has 2 unspecified atom stereocenters. The number of ether oxygens (including phenoxy) is 2. The summed E-state index contributed by atoms with van der Waals surface area (Å²) in [6.45, 7) is 3.98. The molecule has 2 atom stereocenters. The van der Waals surface area contributed by atoms with Crippen molar-refractivity contribution in [2.24, 2.45) is 5.73 Å². The number of methoxy groups -OCH3 is 1. The maximum absolute atomic E-state index is 8.98. The van der Waals surface area contributed by atoms with E-state index in [1.807, 2.05) is 25.1 Å². The molecule has 1 rings (SSSR count). The Hall–Kier alpha value is -1.73. The molecule has 0 radical (unpaired) electrons. The number of rotatable bonds is 7. The van der Waals surface area contributed by atoms with E-state index in [9.17, 15) is 0 Å². The van der Waals surface area contributed by atoms with Crippen LogP contribution in [0.4, 0.5) is 0 Å². The first kappa shape index (κ1) is 15.3. The molecule has 104 valence electrons. The Labute approximate surface area is 115 Å². The standard InChI is InChI=1S/C15H22N2O2/c1-4-12(17)8-11-9-14(18-3)6-7-15(11)19-13(5-2)10-16/h6-7,9,12-13H,4-5,8,17H2,1-3H3. The van der Waals surface area contributed by atoms with Crippen LogP contribution in [0.25, 0.3) is 0 Å². The van der Waals surface area contributed by atoms with Crippen LogP contribution in [0.15, 0.2) is 18.2 Å². The summed E-state index contributed by atoms with van der Waals surface area (Å²) in [7, 11) is 1.63. The molecule has 0 aliphatic carbocycles. The lowest BCUT2D eigenvalue weighted by Gasteiger charge is -2.17. The van der Waals surface area contributed by atoms with E-state index >= 15 is 0 Å². The van der Waals surface area contributed by atoms with Crippen molar-refractivity contribution in [1.82, 2.24) is 0 Å². The molecule has 1 aromatic rings. The van der Waals surface area contributed by atoms with Crippen LogP contribution in [0, 0.1) is 11.3 Å². The van der Waals surface area contributed by atoms with Crippen LogP contribution in [0.2, 0.25) is 0 Å². The molecule has 0 heterocycles. The zero-order chi connectivity index (χ0) is 14.3. The molecule has 0 amide bonds. The number of hydrogen-bond acceptors (Lipinski definition) is 4. The highest BCUT2D eigenvalue weighted by atomic mass is 16.5. The van der Waals surface area contributed by atoms with Crippen LogP contribution in [0.3, 0.4) is 0 Å². The van der Waals surface area contributed by atoms with E-state index in [4.69, 9.17) is 20.5 Å². The summed E-state index contributed by atoms with van der Waals surface area (Å²) in [6, 6.07) is 7.82. The maximum atomic E-state index is 8.98. The lowest BCUT2D eigenvalue weighted by atomic mass is 10.0. The molecule has 0 saturated carbocycles. The van der Waals surface area contributed by atoms with Gasteiger partial charge in [-0.2, -0.15) is 5.26 Å². The van der Waals surface area contributed by atoms with E-state index < -0.39 is 6.10 Å². The van der Waals surface area contributed by atoms with Gasteiger partial charge >= 0.3 is 0 Å². The predicted octanol–water partition coefficient (Wildman–Crippen LogP) is 2.66. The van der Waals surface area contributed by atoms with Gasteiger partial charge in [-0.05, 0) is 43.0 Å². The van der Waals surface area contributed by atoms with E-state index in [2.05, 4.69) is 13.0 Å². The van der Waals surface area contributed by atoms with Crippen LogP contribution < -0.4 is 15.2 Å². The molecular formula is C15H22N2O2.